The maximum atomic E-state index is 13.0. The molecule has 0 aliphatic heterocycles. The van der Waals surface area contributed by atoms with E-state index < -0.39 is 6.10 Å². The molecule has 0 spiro atoms. The van der Waals surface area contributed by atoms with Crippen LogP contribution in [0.5, 0.6) is 0 Å². The van der Waals surface area contributed by atoms with Crippen LogP contribution >= 0.6 is 15.9 Å². The molecule has 0 aliphatic carbocycles. The molecule has 6 heteroatoms. The van der Waals surface area contributed by atoms with Crippen molar-refractivity contribution in [2.24, 2.45) is 0 Å². The molecule has 29 heavy (non-hydrogen) atoms. The van der Waals surface area contributed by atoms with Crippen LogP contribution in [-0.4, -0.2) is 19.3 Å². The molecule has 1 N–H and O–H groups in total. The smallest absolute Gasteiger partial charge is 0.276 e. The standard InChI is InChI=1S/C23H22BrN3O2/c1-14-9-15(2)22(16(3)10-14)21(28)13-26-7-8-27-20(23(26)29)12-19(25-27)17-5-4-6-18(24)11-17/h4-12,21,28H,13H2,1-3H3/t21-/m0/s1. The minimum atomic E-state index is -0.761. The lowest BCUT2D eigenvalue weighted by atomic mass is 9.95. The van der Waals surface area contributed by atoms with Crippen LogP contribution in [0.4, 0.5) is 0 Å². The molecule has 2 aromatic carbocycles. The highest BCUT2D eigenvalue weighted by Crippen LogP contribution is 2.25. The van der Waals surface area contributed by atoms with Gasteiger partial charge in [0, 0.05) is 22.4 Å². The summed E-state index contributed by atoms with van der Waals surface area (Å²) >= 11 is 3.47. The lowest BCUT2D eigenvalue weighted by Gasteiger charge is -2.18. The highest BCUT2D eigenvalue weighted by atomic mass is 79.9. The number of fused-ring (bicyclic) bond motifs is 1. The predicted molar refractivity (Wildman–Crippen MR) is 118 cm³/mol. The molecule has 0 fully saturated rings. The number of rotatable bonds is 4. The Balaban J connectivity index is 1.70. The minimum Gasteiger partial charge on any atom is -0.387 e. The predicted octanol–water partition coefficient (Wildman–Crippen LogP) is 4.58. The van der Waals surface area contributed by atoms with Crippen molar-refractivity contribution in [3.05, 3.63) is 91.9 Å². The lowest BCUT2D eigenvalue weighted by Crippen LogP contribution is -2.24. The summed E-state index contributed by atoms with van der Waals surface area (Å²) in [5.41, 5.74) is 6.07. The van der Waals surface area contributed by atoms with Crippen LogP contribution in [0.2, 0.25) is 0 Å². The maximum absolute atomic E-state index is 13.0. The Morgan fingerprint density at radius 2 is 1.79 bits per heavy atom. The topological polar surface area (TPSA) is 59.5 Å². The summed E-state index contributed by atoms with van der Waals surface area (Å²) in [6.45, 7) is 6.21. The van der Waals surface area contributed by atoms with Crippen LogP contribution in [0, 0.1) is 20.8 Å². The van der Waals surface area contributed by atoms with E-state index in [1.165, 1.54) is 0 Å². The number of hydrogen-bond donors (Lipinski definition) is 1. The van der Waals surface area contributed by atoms with Crippen molar-refractivity contribution in [2.75, 3.05) is 0 Å². The number of aromatic nitrogens is 3. The Morgan fingerprint density at radius 3 is 2.48 bits per heavy atom. The number of aryl methyl sites for hydroxylation is 3. The third-order valence-electron chi connectivity index (χ3n) is 5.16. The van der Waals surface area contributed by atoms with Gasteiger partial charge < -0.3 is 9.67 Å². The van der Waals surface area contributed by atoms with Gasteiger partial charge in [0.05, 0.1) is 18.3 Å². The van der Waals surface area contributed by atoms with E-state index in [0.29, 0.717) is 5.52 Å². The molecular weight excluding hydrogens is 430 g/mol. The van der Waals surface area contributed by atoms with Gasteiger partial charge in [-0.25, -0.2) is 4.52 Å². The van der Waals surface area contributed by atoms with E-state index in [1.807, 2.05) is 45.0 Å². The molecule has 0 radical (unpaired) electrons. The van der Waals surface area contributed by atoms with Crippen molar-refractivity contribution in [1.82, 2.24) is 14.2 Å². The first kappa shape index (κ1) is 19.6. The van der Waals surface area contributed by atoms with Crippen molar-refractivity contribution < 1.29 is 5.11 Å². The van der Waals surface area contributed by atoms with Crippen molar-refractivity contribution in [2.45, 2.75) is 33.4 Å². The fourth-order valence-corrected chi connectivity index (χ4v) is 4.35. The third kappa shape index (κ3) is 3.78. The van der Waals surface area contributed by atoms with Crippen LogP contribution < -0.4 is 5.56 Å². The molecule has 148 valence electrons. The summed E-state index contributed by atoms with van der Waals surface area (Å²) in [4.78, 5) is 13.0. The van der Waals surface area contributed by atoms with E-state index in [9.17, 15) is 9.90 Å². The SMILES string of the molecule is Cc1cc(C)c([C@@H](O)Cn2ccn3nc(-c4cccc(Br)c4)cc3c2=O)c(C)c1. The molecule has 4 aromatic rings. The Bertz CT molecular complexity index is 1250. The van der Waals surface area contributed by atoms with Crippen LogP contribution in [0.25, 0.3) is 16.8 Å². The Morgan fingerprint density at radius 1 is 1.07 bits per heavy atom. The normalized spacial score (nSPS) is 12.4. The molecule has 0 bridgehead atoms. The van der Waals surface area contributed by atoms with Crippen LogP contribution in [0.3, 0.4) is 0 Å². The van der Waals surface area contributed by atoms with Gasteiger partial charge in [0.2, 0.25) is 0 Å². The molecule has 0 saturated carbocycles. The van der Waals surface area contributed by atoms with Gasteiger partial charge in [-0.2, -0.15) is 5.10 Å². The molecule has 1 atom stereocenters. The van der Waals surface area contributed by atoms with Crippen molar-refractivity contribution in [3.8, 4) is 11.3 Å². The average Bonchev–Trinajstić information content (AvgIpc) is 3.08. The number of nitrogens with zero attached hydrogens (tertiary/aromatic N) is 3. The van der Waals surface area contributed by atoms with E-state index in [2.05, 4.69) is 33.2 Å². The van der Waals surface area contributed by atoms with E-state index in [0.717, 1.165) is 38.0 Å². The van der Waals surface area contributed by atoms with Crippen molar-refractivity contribution in [1.29, 1.82) is 0 Å². The second-order valence-corrected chi connectivity index (χ2v) is 8.37. The zero-order chi connectivity index (χ0) is 20.7. The summed E-state index contributed by atoms with van der Waals surface area (Å²) in [6, 6.07) is 13.7. The summed E-state index contributed by atoms with van der Waals surface area (Å²) in [5, 5.41) is 15.4. The fourth-order valence-electron chi connectivity index (χ4n) is 3.95. The summed E-state index contributed by atoms with van der Waals surface area (Å²) in [5.74, 6) is 0. The molecule has 0 unspecified atom stereocenters. The number of benzene rings is 2. The molecule has 0 saturated heterocycles. The quantitative estimate of drug-likeness (QED) is 0.493. The van der Waals surface area contributed by atoms with Gasteiger partial charge in [0.25, 0.3) is 5.56 Å². The molecule has 4 rings (SSSR count). The van der Waals surface area contributed by atoms with Crippen LogP contribution in [-0.2, 0) is 6.54 Å². The summed E-state index contributed by atoms with van der Waals surface area (Å²) < 4.78 is 4.09. The van der Waals surface area contributed by atoms with Gasteiger partial charge in [0.15, 0.2) is 0 Å². The number of halogens is 1. The second kappa shape index (κ2) is 7.61. The van der Waals surface area contributed by atoms with E-state index in [-0.39, 0.29) is 12.1 Å². The van der Waals surface area contributed by atoms with Crippen molar-refractivity contribution >= 4 is 21.4 Å². The molecule has 2 aromatic heterocycles. The fraction of sp³-hybridized carbons (Fsp3) is 0.217. The van der Waals surface area contributed by atoms with Crippen LogP contribution in [0.1, 0.15) is 28.4 Å². The first-order valence-corrected chi connectivity index (χ1v) is 10.2. The third-order valence-corrected chi connectivity index (χ3v) is 5.66. The van der Waals surface area contributed by atoms with Gasteiger partial charge in [-0.3, -0.25) is 4.79 Å². The molecular formula is C23H22BrN3O2. The zero-order valence-corrected chi connectivity index (χ0v) is 18.1. The van der Waals surface area contributed by atoms with E-state index in [1.54, 1.807) is 27.5 Å². The van der Waals surface area contributed by atoms with Gasteiger partial charge in [-0.15, -0.1) is 0 Å². The van der Waals surface area contributed by atoms with Crippen LogP contribution in [0.15, 0.2) is 64.1 Å². The molecule has 0 amide bonds. The van der Waals surface area contributed by atoms with E-state index >= 15 is 0 Å². The summed E-state index contributed by atoms with van der Waals surface area (Å²) in [6.07, 6.45) is 2.66. The largest absolute Gasteiger partial charge is 0.387 e. The minimum absolute atomic E-state index is 0.178. The molecule has 0 aliphatic rings. The van der Waals surface area contributed by atoms with Gasteiger partial charge >= 0.3 is 0 Å². The summed E-state index contributed by atoms with van der Waals surface area (Å²) in [7, 11) is 0. The van der Waals surface area contributed by atoms with Gasteiger partial charge in [-0.05, 0) is 55.7 Å². The highest BCUT2D eigenvalue weighted by Gasteiger charge is 2.16. The first-order chi connectivity index (χ1) is 13.8. The average molecular weight is 452 g/mol. The Labute approximate surface area is 177 Å². The van der Waals surface area contributed by atoms with Gasteiger partial charge in [0.1, 0.15) is 5.52 Å². The van der Waals surface area contributed by atoms with Gasteiger partial charge in [-0.1, -0.05) is 45.8 Å². The monoisotopic (exact) mass is 451 g/mol. The molecule has 5 nitrogen and oxygen atoms in total. The second-order valence-electron chi connectivity index (χ2n) is 7.45. The van der Waals surface area contributed by atoms with E-state index in [4.69, 9.17) is 0 Å². The lowest BCUT2D eigenvalue weighted by molar-refractivity contribution is 0.153. The maximum Gasteiger partial charge on any atom is 0.276 e. The molecule has 2 heterocycles. The van der Waals surface area contributed by atoms with Crippen molar-refractivity contribution in [3.63, 3.8) is 0 Å². The zero-order valence-electron chi connectivity index (χ0n) is 16.6. The first-order valence-electron chi connectivity index (χ1n) is 9.44. The Kier molecular flexibility index (Phi) is 5.15. The number of hydrogen-bond acceptors (Lipinski definition) is 3. The Hall–Kier alpha value is -2.70. The number of aliphatic hydroxyl groups is 1. The number of aliphatic hydroxyl groups excluding tert-OH is 1. The highest BCUT2D eigenvalue weighted by molar-refractivity contribution is 9.10.